The minimum atomic E-state index is -0.546. The Labute approximate surface area is 220 Å². The van der Waals surface area contributed by atoms with E-state index in [2.05, 4.69) is 37.0 Å². The smallest absolute Gasteiger partial charge is 0.180 e. The zero-order chi connectivity index (χ0) is 26.1. The molecule has 0 aliphatic heterocycles. The molecule has 2 aromatic carbocycles. The van der Waals surface area contributed by atoms with Crippen LogP contribution in [0.15, 0.2) is 59.8 Å². The summed E-state index contributed by atoms with van der Waals surface area (Å²) in [6, 6.07) is 9.50. The molecule has 0 saturated carbocycles. The van der Waals surface area contributed by atoms with Gasteiger partial charge in [0.15, 0.2) is 6.39 Å². The fourth-order valence-corrected chi connectivity index (χ4v) is 4.23. The van der Waals surface area contributed by atoms with Crippen molar-refractivity contribution in [3.63, 3.8) is 0 Å². The number of hydrogen-bond donors (Lipinski definition) is 2. The molecular weight excluding hydrogens is 518 g/mol. The van der Waals surface area contributed by atoms with E-state index in [-0.39, 0.29) is 16.6 Å². The Bertz CT molecular complexity index is 1630. The molecule has 0 aliphatic rings. The Morgan fingerprint density at radius 3 is 2.57 bits per heavy atom. The fraction of sp³-hybridized carbons (Fsp3) is 0.160. The van der Waals surface area contributed by atoms with Crippen LogP contribution < -0.4 is 10.6 Å². The van der Waals surface area contributed by atoms with Crippen molar-refractivity contribution < 1.29 is 8.81 Å². The first-order valence-corrected chi connectivity index (χ1v) is 11.9. The SMILES string of the molecule is CC(C)n1cc([C@@H](Nc2cc(Cl)c3ncc(C#N)c(Nc4ccc(F)c(Cl)c4)c3c2)c2cocn2)nn1. The van der Waals surface area contributed by atoms with Gasteiger partial charge in [0, 0.05) is 29.0 Å². The van der Waals surface area contributed by atoms with Gasteiger partial charge in [-0.1, -0.05) is 28.4 Å². The molecule has 1 atom stereocenters. The van der Waals surface area contributed by atoms with E-state index in [1.807, 2.05) is 26.1 Å². The summed E-state index contributed by atoms with van der Waals surface area (Å²) in [5.74, 6) is -0.546. The van der Waals surface area contributed by atoms with Crippen LogP contribution >= 0.6 is 23.2 Å². The van der Waals surface area contributed by atoms with Gasteiger partial charge in [0.2, 0.25) is 0 Å². The molecule has 3 aromatic heterocycles. The Kier molecular flexibility index (Phi) is 6.65. The molecular formula is C25H19Cl2FN8O. The predicted octanol–water partition coefficient (Wildman–Crippen LogP) is 6.66. The zero-order valence-corrected chi connectivity index (χ0v) is 21.1. The monoisotopic (exact) mass is 536 g/mol. The summed E-state index contributed by atoms with van der Waals surface area (Å²) in [5, 5.41) is 25.7. The van der Waals surface area contributed by atoms with Crippen molar-refractivity contribution in [2.24, 2.45) is 0 Å². The van der Waals surface area contributed by atoms with Gasteiger partial charge >= 0.3 is 0 Å². The number of benzene rings is 2. The molecule has 12 heteroatoms. The number of fused-ring (bicyclic) bond motifs is 1. The quantitative estimate of drug-likeness (QED) is 0.237. The maximum absolute atomic E-state index is 13.7. The number of nitriles is 1. The first-order valence-electron chi connectivity index (χ1n) is 11.1. The van der Waals surface area contributed by atoms with Gasteiger partial charge < -0.3 is 15.1 Å². The lowest BCUT2D eigenvalue weighted by Crippen LogP contribution is -2.13. The van der Waals surface area contributed by atoms with Gasteiger partial charge in [0.05, 0.1) is 33.0 Å². The van der Waals surface area contributed by atoms with Crippen LogP contribution in [-0.2, 0) is 0 Å². The van der Waals surface area contributed by atoms with Crippen LogP contribution in [0.4, 0.5) is 21.5 Å². The number of aromatic nitrogens is 5. The van der Waals surface area contributed by atoms with Gasteiger partial charge in [-0.05, 0) is 44.2 Å². The molecule has 0 saturated heterocycles. The van der Waals surface area contributed by atoms with Crippen molar-refractivity contribution >= 4 is 51.2 Å². The van der Waals surface area contributed by atoms with E-state index in [0.29, 0.717) is 44.4 Å². The van der Waals surface area contributed by atoms with Crippen LogP contribution in [0.1, 0.15) is 42.9 Å². The molecule has 9 nitrogen and oxygen atoms in total. The first kappa shape index (κ1) is 24.5. The average Bonchev–Trinajstić information content (AvgIpc) is 3.58. The summed E-state index contributed by atoms with van der Waals surface area (Å²) in [6.07, 6.45) is 6.12. The third-order valence-corrected chi connectivity index (χ3v) is 6.22. The van der Waals surface area contributed by atoms with E-state index in [1.54, 1.807) is 10.7 Å². The van der Waals surface area contributed by atoms with Crippen LogP contribution in [-0.4, -0.2) is 25.0 Å². The van der Waals surface area contributed by atoms with E-state index in [4.69, 9.17) is 27.6 Å². The molecule has 0 radical (unpaired) electrons. The maximum atomic E-state index is 13.7. The average molecular weight is 537 g/mol. The van der Waals surface area contributed by atoms with Gasteiger partial charge in [-0.2, -0.15) is 5.26 Å². The summed E-state index contributed by atoms with van der Waals surface area (Å²) in [7, 11) is 0. The highest BCUT2D eigenvalue weighted by Crippen LogP contribution is 2.37. The van der Waals surface area contributed by atoms with Gasteiger partial charge in [-0.25, -0.2) is 14.1 Å². The standard InChI is InChI=1S/C25H19Cl2FN8O/c1-13(2)36-10-21(34-35-36)25(22-11-37-12-31-22)33-16-5-17-23(32-15-3-4-20(28)18(26)6-15)14(8-29)9-30-24(17)19(27)7-16/h3-7,9-13,25,33H,1-2H3,(H,30,32)/t25-/m1/s1. The topological polar surface area (TPSA) is 117 Å². The minimum absolute atomic E-state index is 0.0489. The Morgan fingerprint density at radius 2 is 1.89 bits per heavy atom. The first-order chi connectivity index (χ1) is 17.8. The van der Waals surface area contributed by atoms with Crippen LogP contribution in [0.5, 0.6) is 0 Å². The Balaban J connectivity index is 1.60. The second-order valence-electron chi connectivity index (χ2n) is 8.47. The molecule has 0 amide bonds. The molecule has 37 heavy (non-hydrogen) atoms. The summed E-state index contributed by atoms with van der Waals surface area (Å²) in [4.78, 5) is 8.67. The zero-order valence-electron chi connectivity index (χ0n) is 19.6. The van der Waals surface area contributed by atoms with E-state index in [1.165, 1.54) is 37.1 Å². The summed E-state index contributed by atoms with van der Waals surface area (Å²) in [6.45, 7) is 4.01. The van der Waals surface area contributed by atoms with Gasteiger partial charge in [0.1, 0.15) is 35.6 Å². The number of hydrogen-bond acceptors (Lipinski definition) is 8. The van der Waals surface area contributed by atoms with Crippen LogP contribution in [0, 0.1) is 17.1 Å². The lowest BCUT2D eigenvalue weighted by molar-refractivity contribution is 0.514. The molecule has 2 N–H and O–H groups in total. The fourth-order valence-electron chi connectivity index (χ4n) is 3.79. The van der Waals surface area contributed by atoms with Gasteiger partial charge in [-0.3, -0.25) is 4.98 Å². The number of nitrogens with one attached hydrogen (secondary N) is 2. The van der Waals surface area contributed by atoms with Crippen LogP contribution in [0.3, 0.4) is 0 Å². The lowest BCUT2D eigenvalue weighted by Gasteiger charge is -2.18. The van der Waals surface area contributed by atoms with Crippen molar-refractivity contribution in [3.05, 3.63) is 88.2 Å². The number of rotatable bonds is 7. The van der Waals surface area contributed by atoms with E-state index < -0.39 is 11.9 Å². The van der Waals surface area contributed by atoms with Crippen LogP contribution in [0.25, 0.3) is 10.9 Å². The summed E-state index contributed by atoms with van der Waals surface area (Å²) in [5.41, 5.74) is 3.53. The Morgan fingerprint density at radius 1 is 1.08 bits per heavy atom. The highest BCUT2D eigenvalue weighted by atomic mass is 35.5. The van der Waals surface area contributed by atoms with Crippen LogP contribution in [0.2, 0.25) is 10.0 Å². The third-order valence-electron chi connectivity index (χ3n) is 5.65. The molecule has 0 bridgehead atoms. The highest BCUT2D eigenvalue weighted by Gasteiger charge is 2.22. The molecule has 0 fully saturated rings. The third kappa shape index (κ3) is 4.91. The van der Waals surface area contributed by atoms with Gasteiger partial charge in [-0.15, -0.1) is 5.10 Å². The molecule has 3 heterocycles. The molecule has 5 rings (SSSR count). The molecule has 5 aromatic rings. The number of anilines is 3. The highest BCUT2D eigenvalue weighted by molar-refractivity contribution is 6.36. The minimum Gasteiger partial charge on any atom is -0.451 e. The summed E-state index contributed by atoms with van der Waals surface area (Å²) >= 11 is 12.6. The van der Waals surface area contributed by atoms with Gasteiger partial charge in [0.25, 0.3) is 0 Å². The second kappa shape index (κ2) is 10.0. The normalized spacial score (nSPS) is 12.0. The van der Waals surface area contributed by atoms with E-state index in [9.17, 15) is 9.65 Å². The molecule has 0 spiro atoms. The van der Waals surface area contributed by atoms with Crippen molar-refractivity contribution in [1.82, 2.24) is 25.0 Å². The predicted molar refractivity (Wildman–Crippen MR) is 139 cm³/mol. The summed E-state index contributed by atoms with van der Waals surface area (Å²) < 4.78 is 20.7. The van der Waals surface area contributed by atoms with E-state index >= 15 is 0 Å². The number of nitrogens with zero attached hydrogens (tertiary/aromatic N) is 6. The molecule has 0 aliphatic carbocycles. The van der Waals surface area contributed by atoms with Crippen molar-refractivity contribution in [3.8, 4) is 6.07 Å². The largest absolute Gasteiger partial charge is 0.451 e. The Hall–Kier alpha value is -4.20. The van der Waals surface area contributed by atoms with Crippen molar-refractivity contribution in [2.45, 2.75) is 25.9 Å². The number of pyridine rings is 1. The lowest BCUT2D eigenvalue weighted by atomic mass is 10.1. The van der Waals surface area contributed by atoms with Crippen molar-refractivity contribution in [1.29, 1.82) is 5.26 Å². The van der Waals surface area contributed by atoms with Crippen molar-refractivity contribution in [2.75, 3.05) is 10.6 Å². The second-order valence-corrected chi connectivity index (χ2v) is 9.29. The molecule has 186 valence electrons. The maximum Gasteiger partial charge on any atom is 0.180 e. The van der Waals surface area contributed by atoms with E-state index in [0.717, 1.165) is 0 Å². The molecule has 0 unspecified atom stereocenters. The number of halogens is 3. The number of oxazole rings is 1.